The Kier molecular flexibility index (Phi) is 3.01. The van der Waals surface area contributed by atoms with Crippen LogP contribution in [0.5, 0.6) is 0 Å². The Bertz CT molecular complexity index is 336. The van der Waals surface area contributed by atoms with E-state index in [-0.39, 0.29) is 0 Å². The van der Waals surface area contributed by atoms with Crippen molar-refractivity contribution < 1.29 is 4.74 Å². The van der Waals surface area contributed by atoms with Crippen LogP contribution >= 0.6 is 0 Å². The number of hydrogen-bond acceptors (Lipinski definition) is 5. The highest BCUT2D eigenvalue weighted by Gasteiger charge is 2.13. The SMILES string of the molecule is CNc1cc(N2CCOCC2)nc(C)n1. The van der Waals surface area contributed by atoms with Crippen molar-refractivity contribution in [3.05, 3.63) is 11.9 Å². The van der Waals surface area contributed by atoms with Gasteiger partial charge in [0.15, 0.2) is 0 Å². The molecule has 1 aromatic rings. The molecule has 82 valence electrons. The Morgan fingerprint density at radius 2 is 2.07 bits per heavy atom. The number of hydrogen-bond donors (Lipinski definition) is 1. The summed E-state index contributed by atoms with van der Waals surface area (Å²) in [5.74, 6) is 2.64. The maximum Gasteiger partial charge on any atom is 0.134 e. The van der Waals surface area contributed by atoms with Crippen LogP contribution in [0, 0.1) is 6.92 Å². The molecule has 0 unspecified atom stereocenters. The minimum Gasteiger partial charge on any atom is -0.378 e. The summed E-state index contributed by atoms with van der Waals surface area (Å²) >= 11 is 0. The molecule has 15 heavy (non-hydrogen) atoms. The second kappa shape index (κ2) is 4.44. The van der Waals surface area contributed by atoms with Crippen LogP contribution in [0.4, 0.5) is 11.6 Å². The molecule has 0 spiro atoms. The lowest BCUT2D eigenvalue weighted by Crippen LogP contribution is -2.36. The van der Waals surface area contributed by atoms with Gasteiger partial charge in [0.25, 0.3) is 0 Å². The average molecular weight is 208 g/mol. The molecule has 0 amide bonds. The summed E-state index contributed by atoms with van der Waals surface area (Å²) in [5.41, 5.74) is 0. The zero-order valence-corrected chi connectivity index (χ0v) is 9.16. The maximum atomic E-state index is 5.31. The second-order valence-electron chi connectivity index (χ2n) is 3.51. The Labute approximate surface area is 89.5 Å². The molecule has 2 rings (SSSR count). The summed E-state index contributed by atoms with van der Waals surface area (Å²) in [6, 6.07) is 1.97. The number of aromatic nitrogens is 2. The van der Waals surface area contributed by atoms with Crippen LogP contribution in [0.25, 0.3) is 0 Å². The zero-order chi connectivity index (χ0) is 10.7. The lowest BCUT2D eigenvalue weighted by atomic mass is 10.4. The van der Waals surface area contributed by atoms with Gasteiger partial charge in [-0.1, -0.05) is 0 Å². The average Bonchev–Trinajstić information content (AvgIpc) is 2.29. The number of rotatable bonds is 2. The van der Waals surface area contributed by atoms with Crippen molar-refractivity contribution in [2.24, 2.45) is 0 Å². The number of nitrogens with one attached hydrogen (secondary N) is 1. The fraction of sp³-hybridized carbons (Fsp3) is 0.600. The molecule has 1 aromatic heterocycles. The summed E-state index contributed by atoms with van der Waals surface area (Å²) in [6.07, 6.45) is 0. The summed E-state index contributed by atoms with van der Waals surface area (Å²) in [4.78, 5) is 10.9. The molecule has 1 aliphatic rings. The van der Waals surface area contributed by atoms with Crippen molar-refractivity contribution in [3.8, 4) is 0 Å². The number of morpholine rings is 1. The van der Waals surface area contributed by atoms with E-state index in [4.69, 9.17) is 4.74 Å². The van der Waals surface area contributed by atoms with Gasteiger partial charge in [-0.2, -0.15) is 0 Å². The molecule has 5 nitrogen and oxygen atoms in total. The van der Waals surface area contributed by atoms with Gasteiger partial charge in [0.1, 0.15) is 17.5 Å². The second-order valence-corrected chi connectivity index (χ2v) is 3.51. The molecular weight excluding hydrogens is 192 g/mol. The predicted octanol–water partition coefficient (Wildman–Crippen LogP) is 0.663. The highest BCUT2D eigenvalue weighted by atomic mass is 16.5. The van der Waals surface area contributed by atoms with Gasteiger partial charge in [-0.25, -0.2) is 9.97 Å². The van der Waals surface area contributed by atoms with Crippen molar-refractivity contribution in [1.82, 2.24) is 9.97 Å². The molecule has 1 fully saturated rings. The normalized spacial score (nSPS) is 16.5. The van der Waals surface area contributed by atoms with Gasteiger partial charge in [0, 0.05) is 26.2 Å². The highest BCUT2D eigenvalue weighted by molar-refractivity contribution is 5.49. The van der Waals surface area contributed by atoms with Gasteiger partial charge in [0.05, 0.1) is 13.2 Å². The Hall–Kier alpha value is -1.36. The third-order valence-corrected chi connectivity index (χ3v) is 2.42. The molecule has 2 heterocycles. The van der Waals surface area contributed by atoms with Crippen LogP contribution in [0.2, 0.25) is 0 Å². The van der Waals surface area contributed by atoms with Gasteiger partial charge in [-0.3, -0.25) is 0 Å². The van der Waals surface area contributed by atoms with E-state index in [9.17, 15) is 0 Å². The van der Waals surface area contributed by atoms with Crippen molar-refractivity contribution in [2.45, 2.75) is 6.92 Å². The molecular formula is C10H16N4O. The van der Waals surface area contributed by atoms with E-state index >= 15 is 0 Å². The third kappa shape index (κ3) is 2.36. The molecule has 0 aromatic carbocycles. The number of ether oxygens (including phenoxy) is 1. The molecule has 0 bridgehead atoms. The topological polar surface area (TPSA) is 50.3 Å². The summed E-state index contributed by atoms with van der Waals surface area (Å²) in [7, 11) is 1.87. The highest BCUT2D eigenvalue weighted by Crippen LogP contribution is 2.16. The molecule has 1 saturated heterocycles. The van der Waals surface area contributed by atoms with Crippen LogP contribution in [-0.2, 0) is 4.74 Å². The van der Waals surface area contributed by atoms with Crippen molar-refractivity contribution in [1.29, 1.82) is 0 Å². The van der Waals surface area contributed by atoms with Crippen LogP contribution in [-0.4, -0.2) is 43.3 Å². The standard InChI is InChI=1S/C10H16N4O/c1-8-12-9(11-2)7-10(13-8)14-3-5-15-6-4-14/h7H,3-6H2,1-2H3,(H,11,12,13). The minimum absolute atomic E-state index is 0.776. The van der Waals surface area contributed by atoms with E-state index in [0.717, 1.165) is 43.8 Å². The molecule has 0 saturated carbocycles. The molecule has 1 aliphatic heterocycles. The minimum atomic E-state index is 0.776. The molecule has 0 atom stereocenters. The van der Waals surface area contributed by atoms with Gasteiger partial charge < -0.3 is 15.0 Å². The summed E-state index contributed by atoms with van der Waals surface area (Å²) in [5, 5.41) is 3.04. The van der Waals surface area contributed by atoms with E-state index in [2.05, 4.69) is 20.2 Å². The first-order valence-corrected chi connectivity index (χ1v) is 5.16. The lowest BCUT2D eigenvalue weighted by Gasteiger charge is -2.28. The molecule has 5 heteroatoms. The maximum absolute atomic E-state index is 5.31. The first kappa shape index (κ1) is 10.2. The zero-order valence-electron chi connectivity index (χ0n) is 9.16. The third-order valence-electron chi connectivity index (χ3n) is 2.42. The quantitative estimate of drug-likeness (QED) is 0.774. The van der Waals surface area contributed by atoms with E-state index in [1.807, 2.05) is 20.0 Å². The Morgan fingerprint density at radius 1 is 1.33 bits per heavy atom. The number of aryl methyl sites for hydroxylation is 1. The van der Waals surface area contributed by atoms with Gasteiger partial charge in [0.2, 0.25) is 0 Å². The van der Waals surface area contributed by atoms with Crippen LogP contribution in [0.15, 0.2) is 6.07 Å². The van der Waals surface area contributed by atoms with Crippen LogP contribution in [0.1, 0.15) is 5.82 Å². The fourth-order valence-corrected chi connectivity index (χ4v) is 1.63. The fourth-order valence-electron chi connectivity index (χ4n) is 1.63. The van der Waals surface area contributed by atoms with Crippen LogP contribution in [0.3, 0.4) is 0 Å². The molecule has 0 radical (unpaired) electrons. The monoisotopic (exact) mass is 208 g/mol. The number of nitrogens with zero attached hydrogens (tertiary/aromatic N) is 3. The van der Waals surface area contributed by atoms with E-state index in [1.54, 1.807) is 0 Å². The van der Waals surface area contributed by atoms with E-state index in [1.165, 1.54) is 0 Å². The Balaban J connectivity index is 2.22. The molecule has 1 N–H and O–H groups in total. The van der Waals surface area contributed by atoms with E-state index < -0.39 is 0 Å². The van der Waals surface area contributed by atoms with Crippen molar-refractivity contribution in [3.63, 3.8) is 0 Å². The molecule has 0 aliphatic carbocycles. The van der Waals surface area contributed by atoms with E-state index in [0.29, 0.717) is 0 Å². The first-order chi connectivity index (χ1) is 7.29. The van der Waals surface area contributed by atoms with Gasteiger partial charge in [-0.05, 0) is 6.92 Å². The largest absolute Gasteiger partial charge is 0.378 e. The van der Waals surface area contributed by atoms with Crippen molar-refractivity contribution >= 4 is 11.6 Å². The lowest BCUT2D eigenvalue weighted by molar-refractivity contribution is 0.122. The van der Waals surface area contributed by atoms with Crippen LogP contribution < -0.4 is 10.2 Å². The summed E-state index contributed by atoms with van der Waals surface area (Å²) < 4.78 is 5.31. The van der Waals surface area contributed by atoms with Gasteiger partial charge in [-0.15, -0.1) is 0 Å². The smallest absolute Gasteiger partial charge is 0.134 e. The Morgan fingerprint density at radius 3 is 2.73 bits per heavy atom. The van der Waals surface area contributed by atoms with Gasteiger partial charge >= 0.3 is 0 Å². The number of anilines is 2. The summed E-state index contributed by atoms with van der Waals surface area (Å²) in [6.45, 7) is 5.26. The predicted molar refractivity (Wildman–Crippen MR) is 59.3 cm³/mol. The van der Waals surface area contributed by atoms with Crippen molar-refractivity contribution in [2.75, 3.05) is 43.6 Å². The first-order valence-electron chi connectivity index (χ1n) is 5.16.